The maximum Gasteiger partial charge on any atom is 0.326 e. The lowest BCUT2D eigenvalue weighted by Gasteiger charge is -2.20. The molecule has 6 heteroatoms. The Hall–Kier alpha value is -1.53. The Kier molecular flexibility index (Phi) is 7.11. The first kappa shape index (κ1) is 16.5. The molecule has 20 heavy (non-hydrogen) atoms. The quantitative estimate of drug-likeness (QED) is 0.638. The summed E-state index contributed by atoms with van der Waals surface area (Å²) < 4.78 is 5.42. The lowest BCUT2D eigenvalue weighted by molar-refractivity contribution is -0.144. The number of ether oxygens (including phenoxy) is 1. The number of aliphatic carboxylic acids is 1. The van der Waals surface area contributed by atoms with E-state index in [2.05, 4.69) is 17.9 Å². The van der Waals surface area contributed by atoms with E-state index in [1.807, 2.05) is 6.07 Å². The van der Waals surface area contributed by atoms with Gasteiger partial charge in [-0.1, -0.05) is 30.3 Å². The van der Waals surface area contributed by atoms with Crippen LogP contribution in [0.3, 0.4) is 0 Å². The molecular formula is C14H19NO4S. The van der Waals surface area contributed by atoms with E-state index in [1.165, 1.54) is 0 Å². The van der Waals surface area contributed by atoms with E-state index in [1.54, 1.807) is 31.2 Å². The molecule has 0 aliphatic carbocycles. The van der Waals surface area contributed by atoms with Gasteiger partial charge >= 0.3 is 5.97 Å². The number of nitrogens with one attached hydrogen (secondary N) is 1. The van der Waals surface area contributed by atoms with Crippen molar-refractivity contribution in [2.24, 2.45) is 0 Å². The number of carboxylic acids is 1. The lowest BCUT2D eigenvalue weighted by atomic mass is 10.1. The Balaban J connectivity index is 2.81. The maximum absolute atomic E-state index is 12.2. The number of benzene rings is 1. The SMILES string of the molecule is CCOC(C(=O)N[C@@H](CCS)C(=O)O)c1ccccc1. The van der Waals surface area contributed by atoms with Gasteiger partial charge in [0.2, 0.25) is 0 Å². The number of carboxylic acid groups (broad SMARTS) is 1. The van der Waals surface area contributed by atoms with Crippen LogP contribution in [0.15, 0.2) is 30.3 Å². The average molecular weight is 297 g/mol. The highest BCUT2D eigenvalue weighted by atomic mass is 32.1. The van der Waals surface area contributed by atoms with Gasteiger partial charge in [0.1, 0.15) is 6.04 Å². The highest BCUT2D eigenvalue weighted by molar-refractivity contribution is 7.80. The molecule has 2 atom stereocenters. The monoisotopic (exact) mass is 297 g/mol. The number of amides is 1. The largest absolute Gasteiger partial charge is 0.480 e. The molecule has 0 aromatic heterocycles. The van der Waals surface area contributed by atoms with Gasteiger partial charge in [0.15, 0.2) is 6.10 Å². The zero-order valence-electron chi connectivity index (χ0n) is 11.3. The van der Waals surface area contributed by atoms with E-state index in [0.717, 1.165) is 0 Å². The van der Waals surface area contributed by atoms with Gasteiger partial charge in [0.05, 0.1) is 0 Å². The third kappa shape index (κ3) is 4.86. The summed E-state index contributed by atoms with van der Waals surface area (Å²) in [4.78, 5) is 23.3. The fourth-order valence-corrected chi connectivity index (χ4v) is 2.01. The van der Waals surface area contributed by atoms with Crippen LogP contribution >= 0.6 is 12.6 Å². The van der Waals surface area contributed by atoms with Crippen LogP contribution in [0.2, 0.25) is 0 Å². The van der Waals surface area contributed by atoms with Gasteiger partial charge in [-0.3, -0.25) is 4.79 Å². The second-order valence-corrected chi connectivity index (χ2v) is 4.60. The summed E-state index contributed by atoms with van der Waals surface area (Å²) in [6.07, 6.45) is -0.541. The van der Waals surface area contributed by atoms with Crippen molar-refractivity contribution in [2.75, 3.05) is 12.4 Å². The maximum atomic E-state index is 12.2. The third-order valence-corrected chi connectivity index (χ3v) is 2.96. The molecule has 0 bridgehead atoms. The van der Waals surface area contributed by atoms with Crippen LogP contribution < -0.4 is 5.32 Å². The van der Waals surface area contributed by atoms with Gasteiger partial charge < -0.3 is 15.2 Å². The van der Waals surface area contributed by atoms with Crippen molar-refractivity contribution >= 4 is 24.5 Å². The van der Waals surface area contributed by atoms with Crippen LogP contribution in [0.1, 0.15) is 25.0 Å². The van der Waals surface area contributed by atoms with Crippen LogP contribution in [0, 0.1) is 0 Å². The second kappa shape index (κ2) is 8.60. The molecule has 0 aliphatic heterocycles. The highest BCUT2D eigenvalue weighted by Gasteiger charge is 2.26. The summed E-state index contributed by atoms with van der Waals surface area (Å²) >= 11 is 3.99. The van der Waals surface area contributed by atoms with E-state index in [4.69, 9.17) is 9.84 Å². The Morgan fingerprint density at radius 3 is 2.50 bits per heavy atom. The van der Waals surface area contributed by atoms with Crippen LogP contribution in [0.5, 0.6) is 0 Å². The summed E-state index contributed by atoms with van der Waals surface area (Å²) in [6.45, 7) is 2.14. The smallest absolute Gasteiger partial charge is 0.326 e. The topological polar surface area (TPSA) is 75.6 Å². The number of hydrogen-bond donors (Lipinski definition) is 3. The summed E-state index contributed by atoms with van der Waals surface area (Å²) in [5.41, 5.74) is 0.696. The van der Waals surface area contributed by atoms with Crippen LogP contribution in [-0.4, -0.2) is 35.4 Å². The van der Waals surface area contributed by atoms with E-state index >= 15 is 0 Å². The van der Waals surface area contributed by atoms with Gasteiger partial charge in [-0.2, -0.15) is 12.6 Å². The standard InChI is InChI=1S/C14H19NO4S/c1-2-19-12(10-6-4-3-5-7-10)13(16)15-11(8-9-20)14(17)18/h3-7,11-12,20H,2,8-9H2,1H3,(H,15,16)(H,17,18)/t11-,12?/m0/s1. The molecule has 0 spiro atoms. The zero-order valence-corrected chi connectivity index (χ0v) is 12.2. The lowest BCUT2D eigenvalue weighted by Crippen LogP contribution is -2.43. The molecule has 0 saturated heterocycles. The predicted octanol–water partition coefficient (Wildman–Crippen LogP) is 1.65. The van der Waals surface area contributed by atoms with Crippen LogP contribution in [0.4, 0.5) is 0 Å². The average Bonchev–Trinajstić information content (AvgIpc) is 2.45. The summed E-state index contributed by atoms with van der Waals surface area (Å²) in [6, 6.07) is 8.04. The zero-order chi connectivity index (χ0) is 15.0. The Morgan fingerprint density at radius 2 is 2.00 bits per heavy atom. The minimum atomic E-state index is -1.07. The highest BCUT2D eigenvalue weighted by Crippen LogP contribution is 2.17. The van der Waals surface area contributed by atoms with Crippen molar-refractivity contribution in [3.8, 4) is 0 Å². The first-order valence-electron chi connectivity index (χ1n) is 6.40. The molecule has 0 heterocycles. The molecule has 0 aliphatic rings. The van der Waals surface area contributed by atoms with E-state index < -0.39 is 24.0 Å². The van der Waals surface area contributed by atoms with Crippen molar-refractivity contribution in [2.45, 2.75) is 25.5 Å². The normalized spacial score (nSPS) is 13.5. The van der Waals surface area contributed by atoms with Gasteiger partial charge in [-0.05, 0) is 24.7 Å². The van der Waals surface area contributed by atoms with Gasteiger partial charge in [0, 0.05) is 6.61 Å². The van der Waals surface area contributed by atoms with Crippen molar-refractivity contribution in [3.63, 3.8) is 0 Å². The molecule has 1 unspecified atom stereocenters. The molecule has 1 aromatic carbocycles. The van der Waals surface area contributed by atoms with Crippen LogP contribution in [-0.2, 0) is 14.3 Å². The minimum Gasteiger partial charge on any atom is -0.480 e. The third-order valence-electron chi connectivity index (χ3n) is 2.71. The molecule has 0 fully saturated rings. The number of carbonyl (C=O) groups is 2. The van der Waals surface area contributed by atoms with E-state index in [-0.39, 0.29) is 6.42 Å². The molecule has 5 nitrogen and oxygen atoms in total. The van der Waals surface area contributed by atoms with Crippen molar-refractivity contribution in [3.05, 3.63) is 35.9 Å². The van der Waals surface area contributed by atoms with Gasteiger partial charge in [-0.15, -0.1) is 0 Å². The Labute approximate surface area is 123 Å². The summed E-state index contributed by atoms with van der Waals surface area (Å²) in [5, 5.41) is 11.5. The summed E-state index contributed by atoms with van der Waals surface area (Å²) in [7, 11) is 0. The summed E-state index contributed by atoms with van der Waals surface area (Å²) in [5.74, 6) is -1.15. The first-order chi connectivity index (χ1) is 9.60. The predicted molar refractivity (Wildman–Crippen MR) is 78.8 cm³/mol. The molecule has 2 N–H and O–H groups in total. The molecule has 110 valence electrons. The number of hydrogen-bond acceptors (Lipinski definition) is 4. The molecule has 0 radical (unpaired) electrons. The van der Waals surface area contributed by atoms with E-state index in [0.29, 0.717) is 17.9 Å². The van der Waals surface area contributed by atoms with Crippen molar-refractivity contribution in [1.82, 2.24) is 5.32 Å². The molecule has 1 aromatic rings. The van der Waals surface area contributed by atoms with Crippen molar-refractivity contribution in [1.29, 1.82) is 0 Å². The molecule has 1 rings (SSSR count). The van der Waals surface area contributed by atoms with Gasteiger partial charge in [-0.25, -0.2) is 4.79 Å². The fraction of sp³-hybridized carbons (Fsp3) is 0.429. The Morgan fingerprint density at radius 1 is 1.35 bits per heavy atom. The molecule has 0 saturated carbocycles. The van der Waals surface area contributed by atoms with Crippen molar-refractivity contribution < 1.29 is 19.4 Å². The number of rotatable bonds is 8. The minimum absolute atomic E-state index is 0.262. The number of carbonyl (C=O) groups excluding carboxylic acids is 1. The first-order valence-corrected chi connectivity index (χ1v) is 7.04. The van der Waals surface area contributed by atoms with Gasteiger partial charge in [0.25, 0.3) is 5.91 Å². The Bertz CT molecular complexity index is 438. The number of thiol groups is 1. The second-order valence-electron chi connectivity index (χ2n) is 4.16. The fourth-order valence-electron chi connectivity index (χ4n) is 1.75. The molecular weight excluding hydrogens is 278 g/mol. The molecule has 1 amide bonds. The van der Waals surface area contributed by atoms with E-state index in [9.17, 15) is 9.59 Å². The van der Waals surface area contributed by atoms with Crippen LogP contribution in [0.25, 0.3) is 0 Å².